The third-order valence-corrected chi connectivity index (χ3v) is 5.65. The van der Waals surface area contributed by atoms with Gasteiger partial charge < -0.3 is 20.5 Å². The Bertz CT molecular complexity index is 1170. The predicted octanol–water partition coefficient (Wildman–Crippen LogP) is 2.89. The van der Waals surface area contributed by atoms with Crippen LogP contribution in [0.15, 0.2) is 42.7 Å². The van der Waals surface area contributed by atoms with Crippen LogP contribution < -0.4 is 5.32 Å². The van der Waals surface area contributed by atoms with Gasteiger partial charge in [-0.05, 0) is 37.5 Å². The molecule has 1 saturated carbocycles. The molecule has 1 fully saturated rings. The zero-order valence-corrected chi connectivity index (χ0v) is 15.6. The van der Waals surface area contributed by atoms with E-state index < -0.39 is 12.2 Å². The molecule has 5 rings (SSSR count). The summed E-state index contributed by atoms with van der Waals surface area (Å²) in [6, 6.07) is 9.10. The van der Waals surface area contributed by atoms with Crippen molar-refractivity contribution in [2.24, 2.45) is 5.92 Å². The van der Waals surface area contributed by atoms with Crippen molar-refractivity contribution >= 4 is 34.0 Å². The van der Waals surface area contributed by atoms with Crippen molar-refractivity contribution in [3.8, 4) is 11.3 Å². The molecule has 143 valence electrons. The molecule has 8 heteroatoms. The molecule has 28 heavy (non-hydrogen) atoms. The molecule has 1 aliphatic carbocycles. The highest BCUT2D eigenvalue weighted by atomic mass is 35.5. The first kappa shape index (κ1) is 17.5. The van der Waals surface area contributed by atoms with Crippen molar-refractivity contribution in [3.63, 3.8) is 0 Å². The van der Waals surface area contributed by atoms with E-state index in [0.717, 1.165) is 22.2 Å². The first-order valence-electron chi connectivity index (χ1n) is 9.09. The van der Waals surface area contributed by atoms with Gasteiger partial charge in [0, 0.05) is 39.9 Å². The molecular formula is C20H19ClN5O2. The van der Waals surface area contributed by atoms with E-state index in [4.69, 9.17) is 16.7 Å². The van der Waals surface area contributed by atoms with E-state index in [-0.39, 0.29) is 12.0 Å². The van der Waals surface area contributed by atoms with Crippen LogP contribution in [0, 0.1) is 12.8 Å². The number of nitrogens with zero attached hydrogens (tertiary/aromatic N) is 3. The summed E-state index contributed by atoms with van der Waals surface area (Å²) in [4.78, 5) is 7.62. The summed E-state index contributed by atoms with van der Waals surface area (Å²) in [5.41, 5.74) is 3.35. The van der Waals surface area contributed by atoms with Crippen molar-refractivity contribution in [2.75, 3.05) is 5.32 Å². The molecule has 4 atom stereocenters. The Balaban J connectivity index is 1.54. The highest BCUT2D eigenvalue weighted by molar-refractivity contribution is 6.31. The van der Waals surface area contributed by atoms with Crippen LogP contribution in [0.3, 0.4) is 0 Å². The number of hydrogen-bond acceptors (Lipinski definition) is 5. The van der Waals surface area contributed by atoms with E-state index in [0.29, 0.717) is 22.9 Å². The van der Waals surface area contributed by atoms with Crippen LogP contribution in [-0.4, -0.2) is 48.0 Å². The summed E-state index contributed by atoms with van der Waals surface area (Å²) in [6.07, 6.45) is 2.46. The number of aliphatic hydroxyl groups is 2. The lowest BCUT2D eigenvalue weighted by atomic mass is 10.1. The lowest BCUT2D eigenvalue weighted by Gasteiger charge is -2.19. The van der Waals surface area contributed by atoms with Crippen LogP contribution in [0.4, 0.5) is 5.82 Å². The van der Waals surface area contributed by atoms with Gasteiger partial charge in [-0.2, -0.15) is 9.61 Å². The molecule has 0 amide bonds. The molecule has 0 bridgehead atoms. The summed E-state index contributed by atoms with van der Waals surface area (Å²) in [5.74, 6) is 0.487. The second-order valence-corrected chi connectivity index (χ2v) is 7.69. The van der Waals surface area contributed by atoms with Gasteiger partial charge in [0.1, 0.15) is 11.9 Å². The van der Waals surface area contributed by atoms with Crippen LogP contribution in [-0.2, 0) is 0 Å². The number of benzene rings is 1. The lowest BCUT2D eigenvalue weighted by molar-refractivity contribution is 0.0256. The number of H-pyrrole nitrogens is 1. The average Bonchev–Trinajstić information content (AvgIpc) is 3.35. The zero-order chi connectivity index (χ0) is 19.4. The van der Waals surface area contributed by atoms with Gasteiger partial charge in [0.25, 0.3) is 0 Å². The third-order valence-electron chi connectivity index (χ3n) is 5.41. The number of aromatic nitrogens is 4. The van der Waals surface area contributed by atoms with Gasteiger partial charge in [-0.3, -0.25) is 0 Å². The molecule has 1 radical (unpaired) electrons. The van der Waals surface area contributed by atoms with Crippen LogP contribution in [0.2, 0.25) is 5.02 Å². The maximum absolute atomic E-state index is 10.2. The van der Waals surface area contributed by atoms with Crippen LogP contribution in [0.5, 0.6) is 0 Å². The van der Waals surface area contributed by atoms with E-state index in [9.17, 15) is 10.2 Å². The first-order chi connectivity index (χ1) is 13.5. The van der Waals surface area contributed by atoms with E-state index in [1.807, 2.05) is 30.5 Å². The quantitative estimate of drug-likeness (QED) is 0.427. The molecule has 3 heterocycles. The molecule has 3 aromatic heterocycles. The molecule has 0 saturated heterocycles. The van der Waals surface area contributed by atoms with Gasteiger partial charge in [0.05, 0.1) is 17.8 Å². The fraction of sp³-hybridized carbons (Fsp3) is 0.250. The minimum Gasteiger partial charge on any atom is -0.390 e. The molecule has 1 aliphatic rings. The summed E-state index contributed by atoms with van der Waals surface area (Å²) in [5, 5.41) is 29.9. The second kappa shape index (κ2) is 6.48. The third kappa shape index (κ3) is 2.74. The van der Waals surface area contributed by atoms with Gasteiger partial charge >= 0.3 is 0 Å². The van der Waals surface area contributed by atoms with E-state index in [1.54, 1.807) is 16.8 Å². The Hall–Kier alpha value is -2.61. The summed E-state index contributed by atoms with van der Waals surface area (Å²) >= 11 is 6.07. The summed E-state index contributed by atoms with van der Waals surface area (Å²) < 4.78 is 1.71. The number of hydrogen-bond donors (Lipinski definition) is 4. The Morgan fingerprint density at radius 3 is 2.86 bits per heavy atom. The number of aliphatic hydroxyl groups excluding tert-OH is 2. The Morgan fingerprint density at radius 2 is 2.07 bits per heavy atom. The normalized spacial score (nSPS) is 25.0. The molecule has 4 N–H and O–H groups in total. The fourth-order valence-corrected chi connectivity index (χ4v) is 4.07. The number of nitrogens with one attached hydrogen (secondary N) is 2. The van der Waals surface area contributed by atoms with Gasteiger partial charge in [-0.15, -0.1) is 0 Å². The molecule has 0 aliphatic heterocycles. The second-order valence-electron chi connectivity index (χ2n) is 7.25. The van der Waals surface area contributed by atoms with Crippen molar-refractivity contribution in [3.05, 3.63) is 54.7 Å². The van der Waals surface area contributed by atoms with Crippen molar-refractivity contribution in [2.45, 2.75) is 24.7 Å². The molecule has 1 aromatic carbocycles. The number of halogens is 1. The molecular weight excluding hydrogens is 378 g/mol. The van der Waals surface area contributed by atoms with Gasteiger partial charge in [0.15, 0.2) is 5.65 Å². The maximum atomic E-state index is 10.2. The largest absolute Gasteiger partial charge is 0.390 e. The zero-order valence-electron chi connectivity index (χ0n) is 14.9. The average molecular weight is 397 g/mol. The minimum absolute atomic E-state index is 0.212. The Morgan fingerprint density at radius 1 is 1.21 bits per heavy atom. The SMILES string of the molecule is [CH2][C@@H]1C[C@@H](Nc2ccnc3cc(-c4c[nH]c5cc(Cl)ccc45)nn23)[C@H](O)[C@@H]1O. The minimum atomic E-state index is -0.876. The van der Waals surface area contributed by atoms with E-state index in [2.05, 4.69) is 22.2 Å². The Kier molecular flexibility index (Phi) is 4.04. The molecule has 0 unspecified atom stereocenters. The molecule has 0 spiro atoms. The standard InChI is InChI=1S/C20H19ClN5O2/c1-10-6-16(20(28)19(10)27)24-17-4-5-22-18-8-15(25-26(17)18)13-9-23-14-7-11(21)2-3-12(13)14/h2-5,7-10,16,19-20,23-24,27-28H,1,6H2/t10-,16-,19-,20+/m1/s1. The van der Waals surface area contributed by atoms with Gasteiger partial charge in [-0.1, -0.05) is 17.7 Å². The molecule has 4 aromatic rings. The van der Waals surface area contributed by atoms with Crippen LogP contribution in [0.25, 0.3) is 27.8 Å². The van der Waals surface area contributed by atoms with Crippen molar-refractivity contribution in [1.29, 1.82) is 0 Å². The number of aromatic amines is 1. The number of rotatable bonds is 3. The lowest BCUT2D eigenvalue weighted by Crippen LogP contribution is -2.35. The van der Waals surface area contributed by atoms with Gasteiger partial charge in [0.2, 0.25) is 0 Å². The highest BCUT2D eigenvalue weighted by Crippen LogP contribution is 2.31. The van der Waals surface area contributed by atoms with Crippen molar-refractivity contribution in [1.82, 2.24) is 19.6 Å². The van der Waals surface area contributed by atoms with Crippen molar-refractivity contribution < 1.29 is 10.2 Å². The first-order valence-corrected chi connectivity index (χ1v) is 9.46. The summed E-state index contributed by atoms with van der Waals surface area (Å²) in [7, 11) is 0. The topological polar surface area (TPSA) is 98.5 Å². The van der Waals surface area contributed by atoms with Crippen LogP contribution >= 0.6 is 11.6 Å². The van der Waals surface area contributed by atoms with Crippen LogP contribution in [0.1, 0.15) is 6.42 Å². The maximum Gasteiger partial charge on any atom is 0.157 e. The Labute approximate surface area is 166 Å². The fourth-order valence-electron chi connectivity index (χ4n) is 3.90. The van der Waals surface area contributed by atoms with E-state index >= 15 is 0 Å². The predicted molar refractivity (Wildman–Crippen MR) is 108 cm³/mol. The summed E-state index contributed by atoms with van der Waals surface area (Å²) in [6.45, 7) is 3.90. The molecule has 7 nitrogen and oxygen atoms in total. The monoisotopic (exact) mass is 396 g/mol. The number of anilines is 1. The number of fused-ring (bicyclic) bond motifs is 2. The van der Waals surface area contributed by atoms with Gasteiger partial charge in [-0.25, -0.2) is 4.98 Å². The smallest absolute Gasteiger partial charge is 0.157 e. The highest BCUT2D eigenvalue weighted by Gasteiger charge is 2.39. The van der Waals surface area contributed by atoms with E-state index in [1.165, 1.54) is 0 Å².